The number of carbonyl (C=O) groups is 1. The molecule has 1 aromatic heterocycles. The van der Waals surface area contributed by atoms with Gasteiger partial charge in [0.2, 0.25) is 0 Å². The first-order valence-corrected chi connectivity index (χ1v) is 10.5. The number of rotatable bonds is 6. The molecular weight excluding hydrogens is 354 g/mol. The number of hydrogen-bond acceptors (Lipinski definition) is 6. The van der Waals surface area contributed by atoms with Gasteiger partial charge >= 0.3 is 5.97 Å². The Bertz CT molecular complexity index is 690. The number of piperazine rings is 1. The lowest BCUT2D eigenvalue weighted by Crippen LogP contribution is -2.55. The molecule has 0 bridgehead atoms. The van der Waals surface area contributed by atoms with Gasteiger partial charge in [0.15, 0.2) is 0 Å². The number of anilines is 1. The van der Waals surface area contributed by atoms with Crippen molar-refractivity contribution in [2.45, 2.75) is 65.7 Å². The van der Waals surface area contributed by atoms with E-state index in [0.717, 1.165) is 44.8 Å². The van der Waals surface area contributed by atoms with Crippen molar-refractivity contribution in [3.8, 4) is 0 Å². The smallest absolute Gasteiger partial charge is 0.302 e. The van der Waals surface area contributed by atoms with Crippen LogP contribution in [0.3, 0.4) is 0 Å². The number of nitrogens with zero attached hydrogens (tertiary/aromatic N) is 3. The van der Waals surface area contributed by atoms with E-state index in [9.17, 15) is 4.79 Å². The Balaban J connectivity index is 1.64. The molecule has 1 atom stereocenters. The summed E-state index contributed by atoms with van der Waals surface area (Å²) < 4.78 is 11.0. The molecule has 6 nitrogen and oxygen atoms in total. The molecule has 0 radical (unpaired) electrons. The first-order chi connectivity index (χ1) is 13.2. The topological polar surface area (TPSA) is 54.9 Å². The number of esters is 1. The van der Waals surface area contributed by atoms with E-state index in [-0.39, 0.29) is 11.6 Å². The van der Waals surface area contributed by atoms with Crippen LogP contribution in [-0.4, -0.2) is 60.3 Å². The Hall–Kier alpha value is -1.66. The maximum atomic E-state index is 11.0. The zero-order valence-electron chi connectivity index (χ0n) is 18.0. The SMILES string of the molecule is CC(=O)OCCCN1CCN(c2cc3c(cn2)COC(C)(C)C3)C[C@H]1C(C)C. The van der Waals surface area contributed by atoms with E-state index < -0.39 is 0 Å². The van der Waals surface area contributed by atoms with Gasteiger partial charge in [0.1, 0.15) is 5.82 Å². The Morgan fingerprint density at radius 1 is 1.36 bits per heavy atom. The molecule has 0 aliphatic carbocycles. The van der Waals surface area contributed by atoms with Gasteiger partial charge in [-0.1, -0.05) is 13.8 Å². The van der Waals surface area contributed by atoms with Crippen LogP contribution in [0, 0.1) is 5.92 Å². The van der Waals surface area contributed by atoms with E-state index in [2.05, 4.69) is 43.6 Å². The van der Waals surface area contributed by atoms with E-state index in [1.54, 1.807) is 0 Å². The molecule has 1 saturated heterocycles. The predicted octanol–water partition coefficient (Wildman–Crippen LogP) is 3.03. The van der Waals surface area contributed by atoms with Crippen LogP contribution in [0.1, 0.15) is 52.2 Å². The Labute approximate surface area is 169 Å². The highest BCUT2D eigenvalue weighted by molar-refractivity contribution is 5.65. The number of aromatic nitrogens is 1. The number of carbonyl (C=O) groups excluding carboxylic acids is 1. The van der Waals surface area contributed by atoms with E-state index in [1.165, 1.54) is 18.1 Å². The fraction of sp³-hybridized carbons (Fsp3) is 0.727. The highest BCUT2D eigenvalue weighted by atomic mass is 16.5. The third-order valence-corrected chi connectivity index (χ3v) is 5.83. The van der Waals surface area contributed by atoms with Crippen LogP contribution in [0.5, 0.6) is 0 Å². The van der Waals surface area contributed by atoms with Gasteiger partial charge in [-0.3, -0.25) is 9.69 Å². The molecule has 0 spiro atoms. The molecule has 3 rings (SSSR count). The minimum atomic E-state index is -0.197. The molecule has 0 amide bonds. The maximum absolute atomic E-state index is 11.0. The molecule has 0 unspecified atom stereocenters. The van der Waals surface area contributed by atoms with Crippen molar-refractivity contribution in [1.29, 1.82) is 0 Å². The van der Waals surface area contributed by atoms with Gasteiger partial charge < -0.3 is 14.4 Å². The molecule has 1 fully saturated rings. The standard InChI is InChI=1S/C22H35N3O3/c1-16(2)20-14-25(9-8-24(20)7-6-10-27-17(3)26)21-11-18-12-22(4,5)28-15-19(18)13-23-21/h11,13,16,20H,6-10,12,14-15H2,1-5H3/t20-/m0/s1. The van der Waals surface area contributed by atoms with Gasteiger partial charge in [-0.15, -0.1) is 0 Å². The molecular formula is C22H35N3O3. The fourth-order valence-corrected chi connectivity index (χ4v) is 4.21. The molecule has 3 heterocycles. The van der Waals surface area contributed by atoms with Gasteiger partial charge in [-0.2, -0.15) is 0 Å². The third kappa shape index (κ3) is 5.23. The van der Waals surface area contributed by atoms with Gasteiger partial charge in [-0.05, 0) is 43.4 Å². The first kappa shape index (κ1) is 21.1. The molecule has 0 saturated carbocycles. The van der Waals surface area contributed by atoms with E-state index in [4.69, 9.17) is 14.5 Å². The summed E-state index contributed by atoms with van der Waals surface area (Å²) in [5, 5.41) is 0. The Kier molecular flexibility index (Phi) is 6.61. The van der Waals surface area contributed by atoms with Gasteiger partial charge in [-0.25, -0.2) is 4.98 Å². The quantitative estimate of drug-likeness (QED) is 0.551. The van der Waals surface area contributed by atoms with Gasteiger partial charge in [0.25, 0.3) is 0 Å². The summed E-state index contributed by atoms with van der Waals surface area (Å²) in [5.74, 6) is 1.44. The van der Waals surface area contributed by atoms with Gasteiger partial charge in [0, 0.05) is 51.8 Å². The average Bonchev–Trinajstić information content (AvgIpc) is 2.63. The third-order valence-electron chi connectivity index (χ3n) is 5.83. The molecule has 0 N–H and O–H groups in total. The van der Waals surface area contributed by atoms with Crippen molar-refractivity contribution < 1.29 is 14.3 Å². The molecule has 28 heavy (non-hydrogen) atoms. The van der Waals surface area contributed by atoms with Crippen molar-refractivity contribution in [2.75, 3.05) is 37.7 Å². The number of fused-ring (bicyclic) bond motifs is 1. The van der Waals surface area contributed by atoms with E-state index in [0.29, 0.717) is 25.2 Å². The zero-order chi connectivity index (χ0) is 20.3. The monoisotopic (exact) mass is 389 g/mol. The minimum absolute atomic E-state index is 0.104. The molecule has 156 valence electrons. The highest BCUT2D eigenvalue weighted by Crippen LogP contribution is 2.30. The first-order valence-electron chi connectivity index (χ1n) is 10.5. The molecule has 0 aromatic carbocycles. The summed E-state index contributed by atoms with van der Waals surface area (Å²) in [6, 6.07) is 2.75. The van der Waals surface area contributed by atoms with Crippen LogP contribution in [0.25, 0.3) is 0 Å². The molecule has 2 aliphatic heterocycles. The van der Waals surface area contributed by atoms with E-state index in [1.807, 2.05) is 6.20 Å². The van der Waals surface area contributed by atoms with Crippen LogP contribution in [0.4, 0.5) is 5.82 Å². The summed E-state index contributed by atoms with van der Waals surface area (Å²) in [6.07, 6.45) is 3.81. The summed E-state index contributed by atoms with van der Waals surface area (Å²) in [4.78, 5) is 20.7. The van der Waals surface area contributed by atoms with Crippen LogP contribution < -0.4 is 4.90 Å². The lowest BCUT2D eigenvalue weighted by Gasteiger charge is -2.44. The zero-order valence-corrected chi connectivity index (χ0v) is 18.0. The largest absolute Gasteiger partial charge is 0.466 e. The fourth-order valence-electron chi connectivity index (χ4n) is 4.21. The summed E-state index contributed by atoms with van der Waals surface area (Å²) >= 11 is 0. The molecule has 1 aromatic rings. The number of pyridine rings is 1. The normalized spacial score (nSPS) is 22.2. The number of hydrogen-bond donors (Lipinski definition) is 0. The summed E-state index contributed by atoms with van der Waals surface area (Å²) in [5.41, 5.74) is 2.48. The van der Waals surface area contributed by atoms with Gasteiger partial charge in [0.05, 0.1) is 18.8 Å². The van der Waals surface area contributed by atoms with Crippen molar-refractivity contribution in [3.05, 3.63) is 23.4 Å². The Morgan fingerprint density at radius 2 is 2.14 bits per heavy atom. The van der Waals surface area contributed by atoms with Crippen molar-refractivity contribution in [3.63, 3.8) is 0 Å². The second kappa shape index (κ2) is 8.78. The highest BCUT2D eigenvalue weighted by Gasteiger charge is 2.31. The molecule has 6 heteroatoms. The van der Waals surface area contributed by atoms with Crippen LogP contribution in [0.15, 0.2) is 12.3 Å². The van der Waals surface area contributed by atoms with Crippen molar-refractivity contribution in [2.24, 2.45) is 5.92 Å². The summed E-state index contributed by atoms with van der Waals surface area (Å²) in [6.45, 7) is 15.4. The van der Waals surface area contributed by atoms with Crippen molar-refractivity contribution in [1.82, 2.24) is 9.88 Å². The summed E-state index contributed by atoms with van der Waals surface area (Å²) in [7, 11) is 0. The average molecular weight is 390 g/mol. The van der Waals surface area contributed by atoms with Crippen LogP contribution in [0.2, 0.25) is 0 Å². The lowest BCUT2D eigenvalue weighted by atomic mass is 9.92. The molecule has 2 aliphatic rings. The minimum Gasteiger partial charge on any atom is -0.466 e. The lowest BCUT2D eigenvalue weighted by molar-refractivity contribution is -0.141. The van der Waals surface area contributed by atoms with E-state index >= 15 is 0 Å². The Morgan fingerprint density at radius 3 is 2.86 bits per heavy atom. The number of ether oxygens (including phenoxy) is 2. The maximum Gasteiger partial charge on any atom is 0.302 e. The van der Waals surface area contributed by atoms with Crippen LogP contribution >= 0.6 is 0 Å². The predicted molar refractivity (Wildman–Crippen MR) is 110 cm³/mol. The second-order valence-corrected chi connectivity index (χ2v) is 9.02. The van der Waals surface area contributed by atoms with Crippen LogP contribution in [-0.2, 0) is 27.3 Å². The van der Waals surface area contributed by atoms with Crippen molar-refractivity contribution >= 4 is 11.8 Å². The second-order valence-electron chi connectivity index (χ2n) is 9.02.